The molecule has 0 radical (unpaired) electrons. The fourth-order valence-corrected chi connectivity index (χ4v) is 2.15. The van der Waals surface area contributed by atoms with Crippen molar-refractivity contribution in [3.63, 3.8) is 0 Å². The van der Waals surface area contributed by atoms with Crippen LogP contribution in [0.25, 0.3) is 11.2 Å². The van der Waals surface area contributed by atoms with E-state index in [-0.39, 0.29) is 16.4 Å². The van der Waals surface area contributed by atoms with Gasteiger partial charge in [-0.2, -0.15) is 18.2 Å². The highest BCUT2D eigenvalue weighted by atomic mass is 35.5. The number of alkyl halides is 3. The molecule has 2 heterocycles. The van der Waals surface area contributed by atoms with Gasteiger partial charge >= 0.3 is 11.9 Å². The van der Waals surface area contributed by atoms with Crippen molar-refractivity contribution in [3.8, 4) is 0 Å². The molecule has 1 N–H and O–H groups in total. The Hall–Kier alpha value is -1.77. The van der Waals surface area contributed by atoms with Gasteiger partial charge in [0.15, 0.2) is 11.2 Å². The van der Waals surface area contributed by atoms with E-state index < -0.39 is 24.0 Å². The summed E-state index contributed by atoms with van der Waals surface area (Å²) in [4.78, 5) is 28.8. The lowest BCUT2D eigenvalue weighted by molar-refractivity contribution is -0.140. The SMILES string of the molecule is CCCn1c(Cl)nc2c1c(=O)[nH]c(=O)n2CC(F)(F)F. The maximum absolute atomic E-state index is 12.5. The zero-order chi connectivity index (χ0) is 15.1. The Labute approximate surface area is 114 Å². The number of hydrogen-bond donors (Lipinski definition) is 1. The van der Waals surface area contributed by atoms with E-state index in [0.717, 1.165) is 0 Å². The minimum atomic E-state index is -4.62. The van der Waals surface area contributed by atoms with Crippen LogP contribution in [0.4, 0.5) is 13.2 Å². The highest BCUT2D eigenvalue weighted by Crippen LogP contribution is 2.20. The van der Waals surface area contributed by atoms with E-state index in [4.69, 9.17) is 11.6 Å². The molecule has 0 bridgehead atoms. The summed E-state index contributed by atoms with van der Waals surface area (Å²) in [6.45, 7) is 0.573. The second-order valence-electron chi connectivity index (χ2n) is 4.17. The Morgan fingerprint density at radius 2 is 1.95 bits per heavy atom. The molecule has 0 saturated heterocycles. The van der Waals surface area contributed by atoms with Gasteiger partial charge in [0.25, 0.3) is 5.56 Å². The Balaban J connectivity index is 2.80. The van der Waals surface area contributed by atoms with Crippen molar-refractivity contribution < 1.29 is 13.2 Å². The number of H-pyrrole nitrogens is 1. The molecule has 0 atom stereocenters. The monoisotopic (exact) mass is 310 g/mol. The Bertz CT molecular complexity index is 759. The van der Waals surface area contributed by atoms with Crippen LogP contribution in [0.5, 0.6) is 0 Å². The third kappa shape index (κ3) is 2.58. The molecule has 0 amide bonds. The van der Waals surface area contributed by atoms with Gasteiger partial charge < -0.3 is 4.57 Å². The van der Waals surface area contributed by atoms with Crippen molar-refractivity contribution in [2.24, 2.45) is 0 Å². The fraction of sp³-hybridized carbons (Fsp3) is 0.500. The van der Waals surface area contributed by atoms with E-state index in [1.807, 2.05) is 11.9 Å². The van der Waals surface area contributed by atoms with Gasteiger partial charge in [0.2, 0.25) is 5.28 Å². The number of halogens is 4. The van der Waals surface area contributed by atoms with Gasteiger partial charge in [0.1, 0.15) is 6.54 Å². The molecule has 0 unspecified atom stereocenters. The van der Waals surface area contributed by atoms with Crippen LogP contribution in [-0.4, -0.2) is 25.3 Å². The number of aryl methyl sites for hydroxylation is 1. The van der Waals surface area contributed by atoms with Gasteiger partial charge in [0, 0.05) is 6.54 Å². The van der Waals surface area contributed by atoms with Crippen molar-refractivity contribution in [1.82, 2.24) is 19.1 Å². The standard InChI is InChI=1S/C10H10ClF3N4O2/c1-2-3-17-5-6(15-8(17)11)18(4-10(12,13)14)9(20)16-7(5)19/h2-4H2,1H3,(H,16,19,20). The first kappa shape index (κ1) is 14.6. The quantitative estimate of drug-likeness (QED) is 0.873. The third-order valence-corrected chi connectivity index (χ3v) is 2.91. The highest BCUT2D eigenvalue weighted by molar-refractivity contribution is 6.29. The second kappa shape index (κ2) is 4.97. The first-order valence-electron chi connectivity index (χ1n) is 5.70. The lowest BCUT2D eigenvalue weighted by Gasteiger charge is -2.09. The molecular weight excluding hydrogens is 301 g/mol. The van der Waals surface area contributed by atoms with E-state index in [1.54, 1.807) is 0 Å². The van der Waals surface area contributed by atoms with Crippen LogP contribution in [0.15, 0.2) is 9.59 Å². The van der Waals surface area contributed by atoms with Gasteiger partial charge in [-0.1, -0.05) is 6.92 Å². The predicted octanol–water partition coefficient (Wildman–Crippen LogP) is 1.51. The molecule has 0 aliphatic heterocycles. The topological polar surface area (TPSA) is 72.7 Å². The predicted molar refractivity (Wildman–Crippen MR) is 66.0 cm³/mol. The molecule has 0 aromatic carbocycles. The molecule has 0 fully saturated rings. The molecule has 0 spiro atoms. The third-order valence-electron chi connectivity index (χ3n) is 2.62. The van der Waals surface area contributed by atoms with E-state index in [0.29, 0.717) is 17.5 Å². The smallest absolute Gasteiger partial charge is 0.309 e. The highest BCUT2D eigenvalue weighted by Gasteiger charge is 2.31. The molecule has 0 saturated carbocycles. The minimum Gasteiger partial charge on any atom is -0.309 e. The first-order chi connectivity index (χ1) is 9.24. The van der Waals surface area contributed by atoms with E-state index in [2.05, 4.69) is 4.98 Å². The number of rotatable bonds is 3. The largest absolute Gasteiger partial charge is 0.406 e. The summed E-state index contributed by atoms with van der Waals surface area (Å²) in [5, 5.41) is -0.131. The number of aromatic nitrogens is 4. The second-order valence-corrected chi connectivity index (χ2v) is 4.50. The van der Waals surface area contributed by atoms with Crippen LogP contribution in [-0.2, 0) is 13.1 Å². The van der Waals surface area contributed by atoms with Crippen LogP contribution in [0.1, 0.15) is 13.3 Å². The van der Waals surface area contributed by atoms with Crippen LogP contribution in [0.3, 0.4) is 0 Å². The normalized spacial score (nSPS) is 12.2. The number of hydrogen-bond acceptors (Lipinski definition) is 3. The van der Waals surface area contributed by atoms with Gasteiger partial charge in [0.05, 0.1) is 0 Å². The summed E-state index contributed by atoms with van der Waals surface area (Å²) in [6.07, 6.45) is -4.01. The molecule has 6 nitrogen and oxygen atoms in total. The lowest BCUT2D eigenvalue weighted by Crippen LogP contribution is -2.35. The molecule has 2 aromatic rings. The number of nitrogens with zero attached hydrogens (tertiary/aromatic N) is 3. The number of aromatic amines is 1. The van der Waals surface area contributed by atoms with Gasteiger partial charge in [-0.05, 0) is 18.0 Å². The maximum Gasteiger partial charge on any atom is 0.406 e. The zero-order valence-electron chi connectivity index (χ0n) is 10.3. The number of nitrogens with one attached hydrogen (secondary N) is 1. The molecular formula is C10H10ClF3N4O2. The minimum absolute atomic E-state index is 0.131. The van der Waals surface area contributed by atoms with Crippen LogP contribution >= 0.6 is 11.6 Å². The summed E-state index contributed by atoms with van der Waals surface area (Å²) in [6, 6.07) is 0. The van der Waals surface area contributed by atoms with Crippen LogP contribution in [0.2, 0.25) is 5.28 Å². The maximum atomic E-state index is 12.5. The van der Waals surface area contributed by atoms with Gasteiger partial charge in [-0.15, -0.1) is 0 Å². The van der Waals surface area contributed by atoms with Crippen LogP contribution in [0, 0.1) is 0 Å². The molecule has 10 heteroatoms. The molecule has 0 aliphatic carbocycles. The first-order valence-corrected chi connectivity index (χ1v) is 6.08. The van der Waals surface area contributed by atoms with E-state index >= 15 is 0 Å². The summed E-state index contributed by atoms with van der Waals surface area (Å²) in [5.74, 6) is 0. The Kier molecular flexibility index (Phi) is 3.63. The average Bonchev–Trinajstić information content (AvgIpc) is 2.62. The summed E-state index contributed by atoms with van der Waals surface area (Å²) in [5.41, 5.74) is -2.48. The van der Waals surface area contributed by atoms with Crippen molar-refractivity contribution in [1.29, 1.82) is 0 Å². The van der Waals surface area contributed by atoms with Crippen LogP contribution < -0.4 is 11.2 Å². The van der Waals surface area contributed by atoms with E-state index in [9.17, 15) is 22.8 Å². The number of fused-ring (bicyclic) bond motifs is 1. The molecule has 110 valence electrons. The average molecular weight is 311 g/mol. The lowest BCUT2D eigenvalue weighted by atomic mass is 10.4. The van der Waals surface area contributed by atoms with Crippen molar-refractivity contribution in [2.75, 3.05) is 0 Å². The molecule has 2 aromatic heterocycles. The summed E-state index contributed by atoms with van der Waals surface area (Å²) < 4.78 is 39.1. The van der Waals surface area contributed by atoms with Crippen molar-refractivity contribution in [3.05, 3.63) is 26.1 Å². The van der Waals surface area contributed by atoms with Crippen molar-refractivity contribution >= 4 is 22.8 Å². The fourth-order valence-electron chi connectivity index (χ4n) is 1.90. The Morgan fingerprint density at radius 1 is 1.30 bits per heavy atom. The molecule has 2 rings (SSSR count). The molecule has 0 aliphatic rings. The van der Waals surface area contributed by atoms with Gasteiger partial charge in [-0.3, -0.25) is 14.3 Å². The van der Waals surface area contributed by atoms with Gasteiger partial charge in [-0.25, -0.2) is 4.79 Å². The summed E-state index contributed by atoms with van der Waals surface area (Å²) in [7, 11) is 0. The Morgan fingerprint density at radius 3 is 2.50 bits per heavy atom. The van der Waals surface area contributed by atoms with E-state index in [1.165, 1.54) is 4.57 Å². The molecule has 20 heavy (non-hydrogen) atoms. The zero-order valence-corrected chi connectivity index (χ0v) is 11.0. The van der Waals surface area contributed by atoms with Crippen molar-refractivity contribution in [2.45, 2.75) is 32.6 Å². The number of imidazole rings is 1. The summed E-state index contributed by atoms with van der Waals surface area (Å²) >= 11 is 5.82.